The molecule has 0 aliphatic carbocycles. The maximum atomic E-state index is 12.8. The predicted molar refractivity (Wildman–Crippen MR) is 126 cm³/mol. The number of piperazine rings is 1. The number of amides is 2. The molecule has 1 aliphatic rings. The topological polar surface area (TPSA) is 65.5 Å². The Bertz CT molecular complexity index is 1120. The van der Waals surface area contributed by atoms with Crippen molar-refractivity contribution in [3.63, 3.8) is 0 Å². The molecule has 8 heteroatoms. The van der Waals surface area contributed by atoms with E-state index in [1.165, 1.54) is 11.3 Å². The van der Waals surface area contributed by atoms with Crippen LogP contribution in [-0.2, 0) is 4.79 Å². The van der Waals surface area contributed by atoms with E-state index in [1.807, 2.05) is 59.7 Å². The minimum Gasteiger partial charge on any atom is -0.368 e. The third-order valence-corrected chi connectivity index (χ3v) is 6.51. The molecule has 2 aromatic carbocycles. The van der Waals surface area contributed by atoms with Crippen molar-refractivity contribution >= 4 is 45.6 Å². The largest absolute Gasteiger partial charge is 0.368 e. The van der Waals surface area contributed by atoms with E-state index in [-0.39, 0.29) is 11.8 Å². The molecular weight excluding hydrogens is 432 g/mol. The second-order valence-corrected chi connectivity index (χ2v) is 8.73. The van der Waals surface area contributed by atoms with Crippen LogP contribution in [0.25, 0.3) is 11.3 Å². The maximum absolute atomic E-state index is 12.8. The first kappa shape index (κ1) is 21.3. The van der Waals surface area contributed by atoms with Gasteiger partial charge in [0.25, 0.3) is 5.91 Å². The zero-order valence-corrected chi connectivity index (χ0v) is 19.0. The molecule has 2 amide bonds. The molecular formula is C23H23ClN4O2S. The number of aromatic nitrogens is 1. The van der Waals surface area contributed by atoms with Crippen LogP contribution < -0.4 is 10.2 Å². The Kier molecular flexibility index (Phi) is 6.25. The van der Waals surface area contributed by atoms with Crippen LogP contribution in [0.4, 0.5) is 10.8 Å². The highest BCUT2D eigenvalue weighted by atomic mass is 35.5. The van der Waals surface area contributed by atoms with Crippen LogP contribution in [-0.4, -0.2) is 47.9 Å². The normalized spacial score (nSPS) is 13.9. The standard InChI is InChI=1S/C23H23ClN4O2S/c1-15-13-17(28-11-9-27(10-12-28)16(2)29)7-8-18(15)22(30)26-23-25-21(14-31-23)19-5-3-4-6-20(19)24/h3-8,13-14H,9-12H2,1-2H3,(H,25,26,30). The van der Waals surface area contributed by atoms with Crippen molar-refractivity contribution in [2.24, 2.45) is 0 Å². The fraction of sp³-hybridized carbons (Fsp3) is 0.261. The van der Waals surface area contributed by atoms with Gasteiger partial charge in [-0.2, -0.15) is 0 Å². The number of halogens is 1. The minimum absolute atomic E-state index is 0.114. The number of carbonyl (C=O) groups is 2. The van der Waals surface area contributed by atoms with Crippen molar-refractivity contribution < 1.29 is 9.59 Å². The van der Waals surface area contributed by atoms with Crippen LogP contribution in [0.1, 0.15) is 22.8 Å². The van der Waals surface area contributed by atoms with Crippen LogP contribution >= 0.6 is 22.9 Å². The lowest BCUT2D eigenvalue weighted by Gasteiger charge is -2.35. The van der Waals surface area contributed by atoms with Gasteiger partial charge in [0.15, 0.2) is 5.13 Å². The summed E-state index contributed by atoms with van der Waals surface area (Å²) in [6, 6.07) is 13.3. The Balaban J connectivity index is 1.44. The van der Waals surface area contributed by atoms with E-state index in [9.17, 15) is 9.59 Å². The number of hydrogen-bond donors (Lipinski definition) is 1. The van der Waals surface area contributed by atoms with E-state index in [1.54, 1.807) is 6.92 Å². The summed E-state index contributed by atoms with van der Waals surface area (Å²) in [5.41, 5.74) is 4.15. The molecule has 0 atom stereocenters. The van der Waals surface area contributed by atoms with Gasteiger partial charge < -0.3 is 9.80 Å². The van der Waals surface area contributed by atoms with E-state index in [0.29, 0.717) is 28.8 Å². The summed E-state index contributed by atoms with van der Waals surface area (Å²) in [4.78, 5) is 33.0. The third-order valence-electron chi connectivity index (χ3n) is 5.42. The van der Waals surface area contributed by atoms with E-state index in [0.717, 1.165) is 35.6 Å². The zero-order valence-electron chi connectivity index (χ0n) is 17.4. The van der Waals surface area contributed by atoms with Crippen molar-refractivity contribution in [2.45, 2.75) is 13.8 Å². The van der Waals surface area contributed by atoms with Gasteiger partial charge in [0.2, 0.25) is 5.91 Å². The third kappa shape index (κ3) is 4.73. The lowest BCUT2D eigenvalue weighted by atomic mass is 10.1. The molecule has 0 unspecified atom stereocenters. The summed E-state index contributed by atoms with van der Waals surface area (Å²) in [6.07, 6.45) is 0. The molecule has 3 aromatic rings. The van der Waals surface area contributed by atoms with Gasteiger partial charge in [-0.05, 0) is 36.8 Å². The fourth-order valence-electron chi connectivity index (χ4n) is 3.67. The molecule has 1 aliphatic heterocycles. The van der Waals surface area contributed by atoms with E-state index in [2.05, 4.69) is 15.2 Å². The average molecular weight is 455 g/mol. The number of rotatable bonds is 4. The number of nitrogens with one attached hydrogen (secondary N) is 1. The SMILES string of the molecule is CC(=O)N1CCN(c2ccc(C(=O)Nc3nc(-c4ccccc4Cl)cs3)c(C)c2)CC1. The summed E-state index contributed by atoms with van der Waals surface area (Å²) in [7, 11) is 0. The van der Waals surface area contributed by atoms with Crippen LogP contribution in [0.2, 0.25) is 5.02 Å². The van der Waals surface area contributed by atoms with Crippen LogP contribution in [0.5, 0.6) is 0 Å². The average Bonchev–Trinajstić information content (AvgIpc) is 3.22. The van der Waals surface area contributed by atoms with Crippen molar-refractivity contribution in [3.8, 4) is 11.3 Å². The molecule has 0 bridgehead atoms. The van der Waals surface area contributed by atoms with Gasteiger partial charge in [0.1, 0.15) is 0 Å². The summed E-state index contributed by atoms with van der Waals surface area (Å²) < 4.78 is 0. The first-order chi connectivity index (χ1) is 14.9. The van der Waals surface area contributed by atoms with Crippen molar-refractivity contribution in [1.29, 1.82) is 0 Å². The Morgan fingerprint density at radius 2 is 1.84 bits per heavy atom. The second kappa shape index (κ2) is 9.08. The molecule has 1 aromatic heterocycles. The number of aryl methyl sites for hydroxylation is 1. The van der Waals surface area contributed by atoms with Gasteiger partial charge in [-0.25, -0.2) is 4.98 Å². The Labute approximate surface area is 190 Å². The number of thiazole rings is 1. The van der Waals surface area contributed by atoms with Gasteiger partial charge in [0, 0.05) is 60.3 Å². The molecule has 0 saturated carbocycles. The number of hydrogen-bond acceptors (Lipinski definition) is 5. The molecule has 4 rings (SSSR count). The molecule has 0 radical (unpaired) electrons. The van der Waals surface area contributed by atoms with E-state index in [4.69, 9.17) is 11.6 Å². The van der Waals surface area contributed by atoms with Crippen LogP contribution in [0.3, 0.4) is 0 Å². The van der Waals surface area contributed by atoms with Crippen molar-refractivity contribution in [1.82, 2.24) is 9.88 Å². The molecule has 1 N–H and O–H groups in total. The summed E-state index contributed by atoms with van der Waals surface area (Å²) >= 11 is 7.61. The highest BCUT2D eigenvalue weighted by molar-refractivity contribution is 7.14. The first-order valence-electron chi connectivity index (χ1n) is 10.1. The molecule has 0 spiro atoms. The maximum Gasteiger partial charge on any atom is 0.257 e. The monoisotopic (exact) mass is 454 g/mol. The number of benzene rings is 2. The van der Waals surface area contributed by atoms with Crippen LogP contribution in [0, 0.1) is 6.92 Å². The zero-order chi connectivity index (χ0) is 22.0. The van der Waals surface area contributed by atoms with E-state index < -0.39 is 0 Å². The Morgan fingerprint density at radius 1 is 1.10 bits per heavy atom. The first-order valence-corrected chi connectivity index (χ1v) is 11.3. The number of carbonyl (C=O) groups excluding carboxylic acids is 2. The smallest absolute Gasteiger partial charge is 0.257 e. The minimum atomic E-state index is -0.189. The van der Waals surface area contributed by atoms with Gasteiger partial charge in [-0.1, -0.05) is 29.8 Å². The highest BCUT2D eigenvalue weighted by Gasteiger charge is 2.20. The summed E-state index contributed by atoms with van der Waals surface area (Å²) in [5.74, 6) is -0.0757. The van der Waals surface area contributed by atoms with Gasteiger partial charge in [-0.15, -0.1) is 11.3 Å². The Morgan fingerprint density at radius 3 is 2.52 bits per heavy atom. The summed E-state index contributed by atoms with van der Waals surface area (Å²) in [6.45, 7) is 6.54. The Hall–Kier alpha value is -2.90. The lowest BCUT2D eigenvalue weighted by molar-refractivity contribution is -0.129. The number of nitrogens with zero attached hydrogens (tertiary/aromatic N) is 3. The molecule has 2 heterocycles. The molecule has 6 nitrogen and oxygen atoms in total. The quantitative estimate of drug-likeness (QED) is 0.621. The predicted octanol–water partition coefficient (Wildman–Crippen LogP) is 4.69. The molecule has 1 saturated heterocycles. The van der Waals surface area contributed by atoms with Gasteiger partial charge in [0.05, 0.1) is 5.69 Å². The van der Waals surface area contributed by atoms with Crippen molar-refractivity contribution in [2.75, 3.05) is 36.4 Å². The number of anilines is 2. The highest BCUT2D eigenvalue weighted by Crippen LogP contribution is 2.30. The molecule has 1 fully saturated rings. The fourth-order valence-corrected chi connectivity index (χ4v) is 4.61. The second-order valence-electron chi connectivity index (χ2n) is 7.46. The van der Waals surface area contributed by atoms with Crippen molar-refractivity contribution in [3.05, 3.63) is 64.0 Å². The van der Waals surface area contributed by atoms with E-state index >= 15 is 0 Å². The molecule has 160 valence electrons. The lowest BCUT2D eigenvalue weighted by Crippen LogP contribution is -2.48. The van der Waals surface area contributed by atoms with Crippen LogP contribution in [0.15, 0.2) is 47.8 Å². The van der Waals surface area contributed by atoms with Gasteiger partial charge >= 0.3 is 0 Å². The van der Waals surface area contributed by atoms with Gasteiger partial charge in [-0.3, -0.25) is 14.9 Å². The summed E-state index contributed by atoms with van der Waals surface area (Å²) in [5, 5.41) is 5.93. The molecule has 31 heavy (non-hydrogen) atoms.